The number of carbonyl (C=O) groups is 3. The Bertz CT molecular complexity index is 426. The van der Waals surface area contributed by atoms with Crippen LogP contribution in [0.15, 0.2) is 0 Å². The Morgan fingerprint density at radius 2 is 1.78 bits per heavy atom. The molecule has 2 fully saturated rings. The van der Waals surface area contributed by atoms with E-state index in [2.05, 4.69) is 19.2 Å². The molecule has 1 N–H and O–H groups in total. The summed E-state index contributed by atoms with van der Waals surface area (Å²) in [5.41, 5.74) is 0. The summed E-state index contributed by atoms with van der Waals surface area (Å²) in [6, 6.07) is 0. The van der Waals surface area contributed by atoms with Gasteiger partial charge in [0.05, 0.1) is 11.8 Å². The van der Waals surface area contributed by atoms with Gasteiger partial charge in [-0.1, -0.05) is 46.0 Å². The molecule has 3 atom stereocenters. The number of unbranched alkanes of at least 4 members (excludes halogenated alkanes) is 1. The SMILES string of the molecule is CCCCC(CC)CNC(=O)CN1C(=O)C2CCCCC2C1=O. The summed E-state index contributed by atoms with van der Waals surface area (Å²) in [4.78, 5) is 38.0. The van der Waals surface area contributed by atoms with Gasteiger partial charge in [0.2, 0.25) is 17.7 Å². The van der Waals surface area contributed by atoms with Crippen LogP contribution in [-0.2, 0) is 14.4 Å². The van der Waals surface area contributed by atoms with Crippen LogP contribution in [-0.4, -0.2) is 35.7 Å². The van der Waals surface area contributed by atoms with E-state index < -0.39 is 0 Å². The van der Waals surface area contributed by atoms with Gasteiger partial charge in [-0.25, -0.2) is 0 Å². The van der Waals surface area contributed by atoms with E-state index in [4.69, 9.17) is 0 Å². The van der Waals surface area contributed by atoms with E-state index in [0.717, 1.165) is 44.9 Å². The summed E-state index contributed by atoms with van der Waals surface area (Å²) in [5.74, 6) is -0.332. The molecule has 3 unspecified atom stereocenters. The first-order valence-electron chi connectivity index (χ1n) is 9.20. The van der Waals surface area contributed by atoms with E-state index in [0.29, 0.717) is 12.5 Å². The lowest BCUT2D eigenvalue weighted by atomic mass is 9.81. The van der Waals surface area contributed by atoms with Gasteiger partial charge in [0.15, 0.2) is 0 Å². The molecular weight excluding hydrogens is 292 g/mol. The van der Waals surface area contributed by atoms with Gasteiger partial charge >= 0.3 is 0 Å². The Hall–Kier alpha value is -1.39. The number of nitrogens with zero attached hydrogens (tertiary/aromatic N) is 1. The van der Waals surface area contributed by atoms with Crippen LogP contribution in [0.2, 0.25) is 0 Å². The van der Waals surface area contributed by atoms with Crippen LogP contribution in [0, 0.1) is 17.8 Å². The van der Waals surface area contributed by atoms with E-state index in [-0.39, 0.29) is 36.1 Å². The second kappa shape index (κ2) is 8.46. The van der Waals surface area contributed by atoms with Crippen LogP contribution >= 0.6 is 0 Å². The molecule has 0 radical (unpaired) electrons. The Kier molecular flexibility index (Phi) is 6.60. The van der Waals surface area contributed by atoms with Crippen molar-refractivity contribution in [3.05, 3.63) is 0 Å². The van der Waals surface area contributed by atoms with E-state index in [1.54, 1.807) is 0 Å². The van der Waals surface area contributed by atoms with Crippen molar-refractivity contribution in [1.29, 1.82) is 0 Å². The number of imide groups is 1. The quantitative estimate of drug-likeness (QED) is 0.698. The number of nitrogens with one attached hydrogen (secondary N) is 1. The minimum Gasteiger partial charge on any atom is -0.354 e. The molecule has 0 aromatic heterocycles. The fraction of sp³-hybridized carbons (Fsp3) is 0.833. The standard InChI is InChI=1S/C18H30N2O3/c1-3-5-8-13(4-2)11-19-16(21)12-20-17(22)14-9-6-7-10-15(14)18(20)23/h13-15H,3-12H2,1-2H3,(H,19,21). The van der Waals surface area contributed by atoms with Gasteiger partial charge in [-0.3, -0.25) is 19.3 Å². The van der Waals surface area contributed by atoms with Crippen LogP contribution in [0.1, 0.15) is 65.2 Å². The summed E-state index contributed by atoms with van der Waals surface area (Å²) >= 11 is 0. The van der Waals surface area contributed by atoms with Gasteiger partial charge in [-0.05, 0) is 25.2 Å². The van der Waals surface area contributed by atoms with E-state index in [9.17, 15) is 14.4 Å². The van der Waals surface area contributed by atoms with Crippen LogP contribution in [0.4, 0.5) is 0 Å². The van der Waals surface area contributed by atoms with E-state index in [1.165, 1.54) is 11.3 Å². The summed E-state index contributed by atoms with van der Waals surface area (Å²) in [5, 5.41) is 2.91. The van der Waals surface area contributed by atoms with Gasteiger partial charge in [-0.15, -0.1) is 0 Å². The monoisotopic (exact) mass is 322 g/mol. The lowest BCUT2D eigenvalue weighted by Crippen LogP contribution is -2.42. The van der Waals surface area contributed by atoms with E-state index >= 15 is 0 Å². The maximum Gasteiger partial charge on any atom is 0.240 e. The number of carbonyl (C=O) groups excluding carboxylic acids is 3. The zero-order valence-corrected chi connectivity index (χ0v) is 14.5. The zero-order chi connectivity index (χ0) is 16.8. The van der Waals surface area contributed by atoms with Crippen molar-refractivity contribution >= 4 is 17.7 Å². The van der Waals surface area contributed by atoms with Crippen molar-refractivity contribution in [2.75, 3.05) is 13.1 Å². The highest BCUT2D eigenvalue weighted by atomic mass is 16.2. The molecule has 23 heavy (non-hydrogen) atoms. The second-order valence-electron chi connectivity index (χ2n) is 6.98. The highest BCUT2D eigenvalue weighted by Gasteiger charge is 2.48. The predicted octanol–water partition coefficient (Wildman–Crippen LogP) is 2.49. The zero-order valence-electron chi connectivity index (χ0n) is 14.5. The van der Waals surface area contributed by atoms with Gasteiger partial charge in [-0.2, -0.15) is 0 Å². The molecule has 5 nitrogen and oxygen atoms in total. The molecule has 1 saturated heterocycles. The Labute approximate surface area is 139 Å². The maximum absolute atomic E-state index is 12.3. The van der Waals surface area contributed by atoms with E-state index in [1.807, 2.05) is 0 Å². The summed E-state index contributed by atoms with van der Waals surface area (Å²) < 4.78 is 0. The number of rotatable bonds is 8. The average Bonchev–Trinajstić information content (AvgIpc) is 2.80. The molecule has 2 rings (SSSR count). The first-order valence-corrected chi connectivity index (χ1v) is 9.20. The lowest BCUT2D eigenvalue weighted by molar-refractivity contribution is -0.143. The van der Waals surface area contributed by atoms with Crippen LogP contribution in [0.3, 0.4) is 0 Å². The Balaban J connectivity index is 1.82. The predicted molar refractivity (Wildman–Crippen MR) is 88.5 cm³/mol. The smallest absolute Gasteiger partial charge is 0.240 e. The topological polar surface area (TPSA) is 66.5 Å². The van der Waals surface area contributed by atoms with Crippen molar-refractivity contribution < 1.29 is 14.4 Å². The van der Waals surface area contributed by atoms with Crippen molar-refractivity contribution in [1.82, 2.24) is 10.2 Å². The molecule has 0 aromatic carbocycles. The van der Waals surface area contributed by atoms with Crippen molar-refractivity contribution in [2.45, 2.75) is 65.2 Å². The third kappa shape index (κ3) is 4.33. The number of amides is 3. The van der Waals surface area contributed by atoms with Crippen molar-refractivity contribution in [2.24, 2.45) is 17.8 Å². The number of likely N-dealkylation sites (tertiary alicyclic amines) is 1. The molecule has 1 aliphatic carbocycles. The molecule has 2 aliphatic rings. The molecule has 1 aliphatic heterocycles. The van der Waals surface area contributed by atoms with Gasteiger partial charge in [0.25, 0.3) is 0 Å². The minimum absolute atomic E-state index is 0.102. The van der Waals surface area contributed by atoms with Gasteiger partial charge in [0.1, 0.15) is 6.54 Å². The van der Waals surface area contributed by atoms with Gasteiger partial charge in [0, 0.05) is 6.54 Å². The highest BCUT2D eigenvalue weighted by molar-refractivity contribution is 6.07. The largest absolute Gasteiger partial charge is 0.354 e. The van der Waals surface area contributed by atoms with Gasteiger partial charge < -0.3 is 5.32 Å². The van der Waals surface area contributed by atoms with Crippen LogP contribution < -0.4 is 5.32 Å². The molecule has 1 heterocycles. The molecular formula is C18H30N2O3. The normalized spacial score (nSPS) is 25.4. The molecule has 1 saturated carbocycles. The number of hydrogen-bond acceptors (Lipinski definition) is 3. The van der Waals surface area contributed by atoms with Crippen LogP contribution in [0.25, 0.3) is 0 Å². The van der Waals surface area contributed by atoms with Crippen molar-refractivity contribution in [3.8, 4) is 0 Å². The average molecular weight is 322 g/mol. The molecule has 0 aromatic rings. The molecule has 3 amide bonds. The Morgan fingerprint density at radius 3 is 2.30 bits per heavy atom. The highest BCUT2D eigenvalue weighted by Crippen LogP contribution is 2.37. The molecule has 130 valence electrons. The first-order chi connectivity index (χ1) is 11.1. The van der Waals surface area contributed by atoms with Crippen LogP contribution in [0.5, 0.6) is 0 Å². The minimum atomic E-state index is -0.208. The number of hydrogen-bond donors (Lipinski definition) is 1. The molecule has 0 spiro atoms. The molecule has 5 heteroatoms. The lowest BCUT2D eigenvalue weighted by Gasteiger charge is -2.19. The third-order valence-electron chi connectivity index (χ3n) is 5.37. The summed E-state index contributed by atoms with van der Waals surface area (Å²) in [6.07, 6.45) is 8.08. The second-order valence-corrected chi connectivity index (χ2v) is 6.98. The number of fused-ring (bicyclic) bond motifs is 1. The fourth-order valence-electron chi connectivity index (χ4n) is 3.79. The summed E-state index contributed by atoms with van der Waals surface area (Å²) in [7, 11) is 0. The first kappa shape index (κ1) is 18.0. The summed E-state index contributed by atoms with van der Waals surface area (Å²) in [6.45, 7) is 4.83. The van der Waals surface area contributed by atoms with Crippen molar-refractivity contribution in [3.63, 3.8) is 0 Å². The maximum atomic E-state index is 12.3. The third-order valence-corrected chi connectivity index (χ3v) is 5.37. The Morgan fingerprint density at radius 1 is 1.17 bits per heavy atom. The molecule has 0 bridgehead atoms. The fourth-order valence-corrected chi connectivity index (χ4v) is 3.79.